The number of halogens is 2. The van der Waals surface area contributed by atoms with Gasteiger partial charge in [-0.1, -0.05) is 17.0 Å². The zero-order valence-electron chi connectivity index (χ0n) is 8.24. The number of nitrogen functional groups attached to an aromatic ring is 1. The highest BCUT2D eigenvalue weighted by Gasteiger charge is 2.05. The Kier molecular flexibility index (Phi) is 4.13. The van der Waals surface area contributed by atoms with E-state index < -0.39 is 11.6 Å². The molecule has 1 aromatic rings. The van der Waals surface area contributed by atoms with Gasteiger partial charge in [-0.15, -0.1) is 0 Å². The zero-order valence-corrected chi connectivity index (χ0v) is 8.24. The summed E-state index contributed by atoms with van der Waals surface area (Å²) in [5.41, 5.74) is 13.3. The minimum absolute atomic E-state index is 0.0395. The van der Waals surface area contributed by atoms with E-state index in [1.165, 1.54) is 0 Å². The molecule has 0 spiro atoms. The highest BCUT2D eigenvalue weighted by Crippen LogP contribution is 2.16. The first kappa shape index (κ1) is 11.8. The van der Waals surface area contributed by atoms with Gasteiger partial charge in [0, 0.05) is 23.9 Å². The Morgan fingerprint density at radius 3 is 2.81 bits per heavy atom. The number of nitrogens with two attached hydrogens (primary N) is 1. The predicted molar refractivity (Wildman–Crippen MR) is 56.3 cm³/mol. The van der Waals surface area contributed by atoms with Gasteiger partial charge < -0.3 is 5.73 Å². The third-order valence-electron chi connectivity index (χ3n) is 1.70. The lowest BCUT2D eigenvalue weighted by atomic mass is 10.1. The maximum absolute atomic E-state index is 13.2. The fourth-order valence-electron chi connectivity index (χ4n) is 1.03. The summed E-state index contributed by atoms with van der Waals surface area (Å²) in [6.07, 6.45) is 0.292. The summed E-state index contributed by atoms with van der Waals surface area (Å²) in [4.78, 5) is 2.54. The number of benzene rings is 1. The molecule has 6 heteroatoms. The molecular formula is C10H8F2N4. The van der Waals surface area contributed by atoms with Crippen molar-refractivity contribution in [2.75, 3.05) is 12.3 Å². The summed E-state index contributed by atoms with van der Waals surface area (Å²) in [6.45, 7) is 0.201. The molecule has 0 heterocycles. The van der Waals surface area contributed by atoms with Gasteiger partial charge in [0.1, 0.15) is 11.6 Å². The van der Waals surface area contributed by atoms with Gasteiger partial charge in [-0.2, -0.15) is 0 Å². The van der Waals surface area contributed by atoms with Crippen LogP contribution in [0.5, 0.6) is 0 Å². The third-order valence-corrected chi connectivity index (χ3v) is 1.70. The highest BCUT2D eigenvalue weighted by atomic mass is 19.1. The number of azide groups is 1. The van der Waals surface area contributed by atoms with Crippen molar-refractivity contribution in [2.45, 2.75) is 6.42 Å². The lowest BCUT2D eigenvalue weighted by Gasteiger charge is -1.99. The number of anilines is 1. The van der Waals surface area contributed by atoms with Crippen LogP contribution < -0.4 is 5.73 Å². The Balaban J connectivity index is 2.84. The summed E-state index contributed by atoms with van der Waals surface area (Å²) in [5, 5.41) is 3.26. The molecule has 0 unspecified atom stereocenters. The van der Waals surface area contributed by atoms with E-state index in [1.807, 2.05) is 0 Å². The van der Waals surface area contributed by atoms with Crippen LogP contribution in [-0.4, -0.2) is 6.54 Å². The minimum atomic E-state index is -0.797. The largest absolute Gasteiger partial charge is 0.398 e. The average molecular weight is 222 g/mol. The monoisotopic (exact) mass is 222 g/mol. The second-order valence-electron chi connectivity index (χ2n) is 2.86. The molecule has 0 aliphatic heterocycles. The van der Waals surface area contributed by atoms with Gasteiger partial charge in [0.05, 0.1) is 11.3 Å². The van der Waals surface area contributed by atoms with Crippen molar-refractivity contribution in [3.63, 3.8) is 0 Å². The van der Waals surface area contributed by atoms with E-state index in [4.69, 9.17) is 11.3 Å². The molecule has 0 saturated heterocycles. The molecule has 0 aromatic heterocycles. The van der Waals surface area contributed by atoms with Crippen LogP contribution in [0.1, 0.15) is 12.0 Å². The van der Waals surface area contributed by atoms with Crippen LogP contribution in [0, 0.1) is 23.5 Å². The minimum Gasteiger partial charge on any atom is -0.398 e. The van der Waals surface area contributed by atoms with Crippen LogP contribution in [0.4, 0.5) is 14.5 Å². The maximum Gasteiger partial charge on any atom is 0.143 e. The van der Waals surface area contributed by atoms with Crippen molar-refractivity contribution in [3.05, 3.63) is 39.8 Å². The standard InChI is InChI=1S/C10H8F2N4/c11-7-5-9(12)8(10(13)6-7)3-1-2-4-15-16-14/h5-6H,2,4,13H2. The van der Waals surface area contributed by atoms with E-state index in [0.29, 0.717) is 12.5 Å². The molecule has 0 bridgehead atoms. The summed E-state index contributed by atoms with van der Waals surface area (Å²) in [7, 11) is 0. The summed E-state index contributed by atoms with van der Waals surface area (Å²) in [6, 6.07) is 1.72. The predicted octanol–water partition coefficient (Wildman–Crippen LogP) is 2.60. The van der Waals surface area contributed by atoms with Gasteiger partial charge >= 0.3 is 0 Å². The molecule has 1 aromatic carbocycles. The van der Waals surface area contributed by atoms with Crippen LogP contribution in [0.25, 0.3) is 10.4 Å². The first-order chi connectivity index (χ1) is 7.65. The fourth-order valence-corrected chi connectivity index (χ4v) is 1.03. The van der Waals surface area contributed by atoms with Crippen molar-refractivity contribution in [2.24, 2.45) is 5.11 Å². The van der Waals surface area contributed by atoms with Gasteiger partial charge in [-0.25, -0.2) is 8.78 Å². The molecule has 0 amide bonds. The molecule has 0 fully saturated rings. The number of nitrogens with zero attached hydrogens (tertiary/aromatic N) is 3. The molecule has 0 aliphatic carbocycles. The zero-order chi connectivity index (χ0) is 12.0. The summed E-state index contributed by atoms with van der Waals surface area (Å²) in [5.74, 6) is 3.51. The van der Waals surface area contributed by atoms with E-state index in [0.717, 1.165) is 6.07 Å². The van der Waals surface area contributed by atoms with Crippen molar-refractivity contribution < 1.29 is 8.78 Å². The molecule has 0 saturated carbocycles. The maximum atomic E-state index is 13.2. The molecule has 0 aliphatic rings. The first-order valence-corrected chi connectivity index (χ1v) is 4.39. The Morgan fingerprint density at radius 1 is 1.44 bits per heavy atom. The second kappa shape index (κ2) is 5.59. The second-order valence-corrected chi connectivity index (χ2v) is 2.86. The van der Waals surface area contributed by atoms with Crippen LogP contribution in [0.2, 0.25) is 0 Å². The highest BCUT2D eigenvalue weighted by molar-refractivity contribution is 5.56. The van der Waals surface area contributed by atoms with Crippen LogP contribution in [0.15, 0.2) is 17.2 Å². The molecule has 82 valence electrons. The van der Waals surface area contributed by atoms with Gasteiger partial charge in [0.15, 0.2) is 0 Å². The lowest BCUT2D eigenvalue weighted by molar-refractivity contribution is 0.582. The fraction of sp³-hybridized carbons (Fsp3) is 0.200. The van der Waals surface area contributed by atoms with Crippen molar-refractivity contribution in [1.29, 1.82) is 0 Å². The SMILES string of the molecule is [N-]=[N+]=NCCC#Cc1c(N)cc(F)cc1F. The van der Waals surface area contributed by atoms with E-state index >= 15 is 0 Å². The average Bonchev–Trinajstić information content (AvgIpc) is 2.20. The third kappa shape index (κ3) is 3.15. The molecule has 0 atom stereocenters. The van der Waals surface area contributed by atoms with E-state index in [-0.39, 0.29) is 17.8 Å². The molecule has 1 rings (SSSR count). The Labute approximate surface area is 90.7 Å². The molecule has 16 heavy (non-hydrogen) atoms. The smallest absolute Gasteiger partial charge is 0.143 e. The number of rotatable bonds is 2. The normalized spacial score (nSPS) is 8.88. The molecule has 0 radical (unpaired) electrons. The Hall–Kier alpha value is -2.25. The van der Waals surface area contributed by atoms with Crippen LogP contribution in [-0.2, 0) is 0 Å². The van der Waals surface area contributed by atoms with Gasteiger partial charge in [0.2, 0.25) is 0 Å². The Bertz CT molecular complexity index is 472. The van der Waals surface area contributed by atoms with Crippen molar-refractivity contribution in [3.8, 4) is 11.8 Å². The number of hydrogen-bond acceptors (Lipinski definition) is 2. The van der Waals surface area contributed by atoms with E-state index in [1.54, 1.807) is 0 Å². The van der Waals surface area contributed by atoms with Gasteiger partial charge in [-0.3, -0.25) is 0 Å². The molecule has 4 nitrogen and oxygen atoms in total. The van der Waals surface area contributed by atoms with E-state index in [9.17, 15) is 8.78 Å². The summed E-state index contributed by atoms with van der Waals surface area (Å²) >= 11 is 0. The van der Waals surface area contributed by atoms with Crippen LogP contribution in [0.3, 0.4) is 0 Å². The summed E-state index contributed by atoms with van der Waals surface area (Å²) < 4.78 is 25.9. The van der Waals surface area contributed by atoms with E-state index in [2.05, 4.69) is 21.9 Å². The van der Waals surface area contributed by atoms with Gasteiger partial charge in [-0.05, 0) is 11.6 Å². The topological polar surface area (TPSA) is 74.8 Å². The quantitative estimate of drug-likeness (QED) is 0.205. The van der Waals surface area contributed by atoms with Crippen LogP contribution >= 0.6 is 0 Å². The van der Waals surface area contributed by atoms with Crippen molar-refractivity contribution >= 4 is 5.69 Å². The lowest BCUT2D eigenvalue weighted by Crippen LogP contribution is -1.95. The van der Waals surface area contributed by atoms with Gasteiger partial charge in [0.25, 0.3) is 0 Å². The Morgan fingerprint density at radius 2 is 2.19 bits per heavy atom. The first-order valence-electron chi connectivity index (χ1n) is 4.39. The molecule has 2 N–H and O–H groups in total. The number of hydrogen-bond donors (Lipinski definition) is 1. The molecular weight excluding hydrogens is 214 g/mol. The van der Waals surface area contributed by atoms with Crippen molar-refractivity contribution in [1.82, 2.24) is 0 Å².